The van der Waals surface area contributed by atoms with E-state index in [4.69, 9.17) is 5.73 Å². The summed E-state index contributed by atoms with van der Waals surface area (Å²) >= 11 is 0. The second-order valence-electron chi connectivity index (χ2n) is 12.5. The van der Waals surface area contributed by atoms with Crippen molar-refractivity contribution in [3.05, 3.63) is 81.9 Å². The fraction of sp³-hybridized carbons (Fsp3) is 0.429. The third-order valence-corrected chi connectivity index (χ3v) is 8.98. The number of nitrogens with one attached hydrogen (secondary N) is 4. The van der Waals surface area contributed by atoms with E-state index in [9.17, 15) is 38.9 Å². The number of benzene rings is 2. The van der Waals surface area contributed by atoms with Gasteiger partial charge in [-0.15, -0.1) is 0 Å². The number of non-ortho nitro benzene ring substituents is 1. The van der Waals surface area contributed by atoms with Crippen LogP contribution in [0.3, 0.4) is 0 Å². The summed E-state index contributed by atoms with van der Waals surface area (Å²) in [5.74, 6) is -2.08. The standard InChI is InChI=1S/C35H43N7O8/c36-34(48)38-22-4-6-28(31(45)39-26-13-9-24(10-14-26)7-8-25-11-15-27(16-12-25)42(49)50)40-33(47)35(19-5-20-35)32(46)37-21-2-1-3-23-41-29(43)17-18-30(41)44/h9-18,28H,1-8,19-23H2,(H,37,46)(H,39,45)(H,40,47)(H3,36,38,48)/t28-/m0/s1. The monoisotopic (exact) mass is 689 g/mol. The highest BCUT2D eigenvalue weighted by atomic mass is 16.6. The lowest BCUT2D eigenvalue weighted by Crippen LogP contribution is -2.58. The van der Waals surface area contributed by atoms with Crippen molar-refractivity contribution in [1.82, 2.24) is 20.9 Å². The number of aryl methyl sites for hydroxylation is 2. The highest BCUT2D eigenvalue weighted by Crippen LogP contribution is 2.41. The maximum atomic E-state index is 13.6. The maximum Gasteiger partial charge on any atom is 0.312 e. The Balaban J connectivity index is 1.29. The van der Waals surface area contributed by atoms with Crippen LogP contribution in [-0.2, 0) is 36.8 Å². The number of nitro benzene ring substituents is 1. The molecular weight excluding hydrogens is 646 g/mol. The fourth-order valence-electron chi connectivity index (χ4n) is 5.82. The van der Waals surface area contributed by atoms with E-state index >= 15 is 0 Å². The van der Waals surface area contributed by atoms with Gasteiger partial charge >= 0.3 is 6.03 Å². The van der Waals surface area contributed by atoms with Crippen LogP contribution in [0.15, 0.2) is 60.7 Å². The summed E-state index contributed by atoms with van der Waals surface area (Å²) in [6.45, 7) is 0.818. The van der Waals surface area contributed by atoms with Crippen LogP contribution in [-0.4, -0.2) is 71.1 Å². The number of nitrogens with zero attached hydrogens (tertiary/aromatic N) is 2. The summed E-state index contributed by atoms with van der Waals surface area (Å²) < 4.78 is 0. The molecule has 1 saturated carbocycles. The molecule has 15 nitrogen and oxygen atoms in total. The van der Waals surface area contributed by atoms with Gasteiger partial charge in [0.05, 0.1) is 4.92 Å². The molecule has 0 saturated heterocycles. The van der Waals surface area contributed by atoms with Gasteiger partial charge in [0.2, 0.25) is 17.7 Å². The summed E-state index contributed by atoms with van der Waals surface area (Å²) in [4.78, 5) is 86.3. The van der Waals surface area contributed by atoms with Crippen LogP contribution in [0, 0.1) is 15.5 Å². The largest absolute Gasteiger partial charge is 0.355 e. The van der Waals surface area contributed by atoms with E-state index in [1.807, 2.05) is 12.1 Å². The third-order valence-electron chi connectivity index (χ3n) is 8.98. The molecule has 1 heterocycles. The predicted octanol–water partition coefficient (Wildman–Crippen LogP) is 2.63. The van der Waals surface area contributed by atoms with Gasteiger partial charge in [-0.25, -0.2) is 4.79 Å². The average Bonchev–Trinajstić information content (AvgIpc) is 3.39. The Morgan fingerprint density at radius 1 is 0.820 bits per heavy atom. The summed E-state index contributed by atoms with van der Waals surface area (Å²) in [5, 5.41) is 21.8. The number of primary amides is 1. The van der Waals surface area contributed by atoms with Crippen LogP contribution in [0.1, 0.15) is 62.5 Å². The predicted molar refractivity (Wildman–Crippen MR) is 183 cm³/mol. The van der Waals surface area contributed by atoms with E-state index < -0.39 is 40.1 Å². The van der Waals surface area contributed by atoms with Gasteiger partial charge in [0.1, 0.15) is 11.5 Å². The molecule has 1 fully saturated rings. The van der Waals surface area contributed by atoms with Gasteiger partial charge in [0.15, 0.2) is 0 Å². The van der Waals surface area contributed by atoms with E-state index in [-0.39, 0.29) is 30.5 Å². The highest BCUT2D eigenvalue weighted by molar-refractivity contribution is 6.12. The molecule has 15 heteroatoms. The lowest BCUT2D eigenvalue weighted by atomic mass is 9.67. The Hall–Kier alpha value is -5.60. The zero-order chi connectivity index (χ0) is 36.1. The summed E-state index contributed by atoms with van der Waals surface area (Å²) in [6.07, 6.45) is 7.58. The number of urea groups is 1. The molecule has 50 heavy (non-hydrogen) atoms. The third kappa shape index (κ3) is 10.2. The first-order chi connectivity index (χ1) is 24.0. The topological polar surface area (TPSA) is 223 Å². The smallest absolute Gasteiger partial charge is 0.312 e. The molecule has 7 amide bonds. The number of hydrogen-bond donors (Lipinski definition) is 5. The number of hydrogen-bond acceptors (Lipinski definition) is 8. The van der Waals surface area contributed by atoms with Gasteiger partial charge < -0.3 is 27.0 Å². The van der Waals surface area contributed by atoms with Gasteiger partial charge in [-0.3, -0.25) is 39.0 Å². The molecule has 4 rings (SSSR count). The Labute approximate surface area is 289 Å². The van der Waals surface area contributed by atoms with Gasteiger partial charge in [-0.2, -0.15) is 0 Å². The zero-order valence-electron chi connectivity index (χ0n) is 27.8. The molecular formula is C35H43N7O8. The molecule has 0 bridgehead atoms. The maximum absolute atomic E-state index is 13.6. The molecule has 0 spiro atoms. The van der Waals surface area contributed by atoms with Crippen LogP contribution in [0.4, 0.5) is 16.2 Å². The number of carbonyl (C=O) groups is 6. The molecule has 2 aromatic carbocycles. The first kappa shape index (κ1) is 37.2. The molecule has 6 N–H and O–H groups in total. The number of carbonyl (C=O) groups excluding carboxylic acids is 6. The first-order valence-electron chi connectivity index (χ1n) is 16.8. The molecule has 1 atom stereocenters. The van der Waals surface area contributed by atoms with Crippen LogP contribution in [0.25, 0.3) is 0 Å². The molecule has 2 aliphatic rings. The number of anilines is 1. The number of unbranched alkanes of at least 4 members (excludes halogenated alkanes) is 2. The lowest BCUT2D eigenvalue weighted by Gasteiger charge is -2.39. The van der Waals surface area contributed by atoms with Crippen LogP contribution in [0.5, 0.6) is 0 Å². The molecule has 1 aliphatic heterocycles. The minimum atomic E-state index is -1.30. The van der Waals surface area contributed by atoms with Gasteiger partial charge in [0, 0.05) is 49.6 Å². The number of nitrogens with two attached hydrogens (primary N) is 1. The van der Waals surface area contributed by atoms with Crippen molar-refractivity contribution in [3.63, 3.8) is 0 Å². The Morgan fingerprint density at radius 3 is 1.98 bits per heavy atom. The van der Waals surface area contributed by atoms with Gasteiger partial charge in [-0.05, 0) is 81.0 Å². The number of imide groups is 1. The second kappa shape index (κ2) is 17.7. The zero-order valence-corrected chi connectivity index (χ0v) is 27.8. The normalized spacial score (nSPS) is 15.2. The van der Waals surface area contributed by atoms with Crippen LogP contribution in [0.2, 0.25) is 0 Å². The SMILES string of the molecule is NC(=O)NCCC[C@H](NC(=O)C1(C(=O)NCCCCCN2C(=O)C=CC2=O)CCC1)C(=O)Nc1ccc(CCc2ccc([N+](=O)[O-])cc2)cc1. The minimum Gasteiger partial charge on any atom is -0.355 e. The van der Waals surface area contributed by atoms with Crippen molar-refractivity contribution < 1.29 is 33.7 Å². The molecule has 0 radical (unpaired) electrons. The molecule has 1 aliphatic carbocycles. The summed E-state index contributed by atoms with van der Waals surface area (Å²) in [5.41, 5.74) is 6.36. The summed E-state index contributed by atoms with van der Waals surface area (Å²) in [6, 6.07) is 11.9. The van der Waals surface area contributed by atoms with Gasteiger partial charge in [-0.1, -0.05) is 30.7 Å². The molecule has 266 valence electrons. The van der Waals surface area contributed by atoms with Crippen molar-refractivity contribution in [2.24, 2.45) is 11.1 Å². The Bertz CT molecular complexity index is 1590. The number of amides is 7. The average molecular weight is 690 g/mol. The van der Waals surface area contributed by atoms with Crippen molar-refractivity contribution in [1.29, 1.82) is 0 Å². The highest BCUT2D eigenvalue weighted by Gasteiger charge is 2.51. The number of rotatable bonds is 19. The minimum absolute atomic E-state index is 0.0355. The fourth-order valence-corrected chi connectivity index (χ4v) is 5.82. The number of nitro groups is 1. The van der Waals surface area contributed by atoms with Crippen LogP contribution >= 0.6 is 0 Å². The van der Waals surface area contributed by atoms with Crippen molar-refractivity contribution in [3.8, 4) is 0 Å². The molecule has 0 aromatic heterocycles. The molecule has 0 unspecified atom stereocenters. The van der Waals surface area contributed by atoms with E-state index in [0.29, 0.717) is 76.6 Å². The second-order valence-corrected chi connectivity index (χ2v) is 12.5. The Kier molecular flexibility index (Phi) is 13.2. The van der Waals surface area contributed by atoms with E-state index in [0.717, 1.165) is 11.1 Å². The van der Waals surface area contributed by atoms with Crippen LogP contribution < -0.4 is 27.0 Å². The van der Waals surface area contributed by atoms with E-state index in [1.54, 1.807) is 24.3 Å². The van der Waals surface area contributed by atoms with Crippen molar-refractivity contribution in [2.45, 2.75) is 70.3 Å². The quantitative estimate of drug-likeness (QED) is 0.0484. The lowest BCUT2D eigenvalue weighted by molar-refractivity contribution is -0.384. The first-order valence-corrected chi connectivity index (χ1v) is 16.8. The Morgan fingerprint density at radius 2 is 1.42 bits per heavy atom. The van der Waals surface area contributed by atoms with Crippen molar-refractivity contribution in [2.75, 3.05) is 25.0 Å². The van der Waals surface area contributed by atoms with Gasteiger partial charge in [0.25, 0.3) is 17.5 Å². The summed E-state index contributed by atoms with van der Waals surface area (Å²) in [7, 11) is 0. The van der Waals surface area contributed by atoms with E-state index in [2.05, 4.69) is 21.3 Å². The van der Waals surface area contributed by atoms with Crippen molar-refractivity contribution >= 4 is 46.9 Å². The molecule has 2 aromatic rings. The van der Waals surface area contributed by atoms with E-state index in [1.165, 1.54) is 29.2 Å².